The third kappa shape index (κ3) is 1.91. The minimum Gasteiger partial charge on any atom is -0.455 e. The van der Waals surface area contributed by atoms with Crippen molar-refractivity contribution in [3.8, 4) is 11.8 Å². The molecule has 3 rings (SSSR count). The predicted octanol–water partition coefficient (Wildman–Crippen LogP) is 4.72. The average molecular weight is 299 g/mol. The highest BCUT2D eigenvalue weighted by Gasteiger charge is 2.08. The zero-order valence-corrected chi connectivity index (χ0v) is 11.3. The predicted molar refractivity (Wildman–Crippen MR) is 79.0 cm³/mol. The molecule has 0 unspecified atom stereocenters. The van der Waals surface area contributed by atoms with Crippen LogP contribution in [0.5, 0.6) is 0 Å². The third-order valence-electron chi connectivity index (χ3n) is 2.85. The van der Waals surface area contributed by atoms with Crippen molar-refractivity contribution < 1.29 is 4.42 Å². The van der Waals surface area contributed by atoms with Gasteiger partial charge in [0.2, 0.25) is 0 Å². The van der Waals surface area contributed by atoms with Gasteiger partial charge in [0.15, 0.2) is 5.58 Å². The summed E-state index contributed by atoms with van der Waals surface area (Å²) in [5, 5.41) is 3.18. The number of hydrogen-bond donors (Lipinski definition) is 0. The average Bonchev–Trinajstić information content (AvgIpc) is 2.79. The number of para-hydroxylation sites is 2. The van der Waals surface area contributed by atoms with Crippen LogP contribution in [0.25, 0.3) is 21.9 Å². The molecule has 18 heavy (non-hydrogen) atoms. The second-order valence-corrected chi connectivity index (χ2v) is 4.81. The van der Waals surface area contributed by atoms with Gasteiger partial charge in [-0.05, 0) is 12.1 Å². The van der Waals surface area contributed by atoms with Crippen LogP contribution in [0.3, 0.4) is 0 Å². The molecule has 0 N–H and O–H groups in total. The summed E-state index contributed by atoms with van der Waals surface area (Å²) in [5.41, 5.74) is 2.77. The fourth-order valence-electron chi connectivity index (χ4n) is 2.05. The summed E-state index contributed by atoms with van der Waals surface area (Å²) in [7, 11) is 0. The number of alkyl halides is 1. The van der Waals surface area contributed by atoms with Crippen LogP contribution in [-0.4, -0.2) is 5.33 Å². The van der Waals surface area contributed by atoms with Crippen LogP contribution in [0, 0.1) is 11.8 Å². The summed E-state index contributed by atoms with van der Waals surface area (Å²) in [4.78, 5) is 0. The van der Waals surface area contributed by atoms with Gasteiger partial charge < -0.3 is 4.42 Å². The molecule has 0 radical (unpaired) electrons. The van der Waals surface area contributed by atoms with Gasteiger partial charge >= 0.3 is 0 Å². The molecule has 0 aliphatic heterocycles. The Morgan fingerprint density at radius 3 is 2.72 bits per heavy atom. The minimum atomic E-state index is 0.844. The molecule has 0 bridgehead atoms. The van der Waals surface area contributed by atoms with Gasteiger partial charge in [-0.2, -0.15) is 0 Å². The Kier molecular flexibility index (Phi) is 3.08. The maximum absolute atomic E-state index is 5.90. The highest BCUT2D eigenvalue weighted by Crippen LogP contribution is 2.30. The van der Waals surface area contributed by atoms with Crippen molar-refractivity contribution in [2.45, 2.75) is 6.42 Å². The van der Waals surface area contributed by atoms with Crippen molar-refractivity contribution in [3.63, 3.8) is 0 Å². The third-order valence-corrected chi connectivity index (χ3v) is 3.24. The zero-order chi connectivity index (χ0) is 12.4. The molecular formula is C16H11BrO. The molecule has 2 aromatic carbocycles. The Labute approximate surface area is 114 Å². The molecule has 1 heterocycles. The van der Waals surface area contributed by atoms with Gasteiger partial charge in [-0.3, -0.25) is 0 Å². The normalized spacial score (nSPS) is 10.5. The van der Waals surface area contributed by atoms with Gasteiger partial charge in [-0.1, -0.05) is 58.1 Å². The summed E-state index contributed by atoms with van der Waals surface area (Å²) in [6.45, 7) is 0. The molecule has 0 saturated heterocycles. The Morgan fingerprint density at radius 1 is 1.00 bits per heavy atom. The van der Waals surface area contributed by atoms with Gasteiger partial charge in [0.1, 0.15) is 5.58 Å². The SMILES string of the molecule is BrCCC#Cc1cccc2c1oc1ccccc12. The first-order chi connectivity index (χ1) is 8.90. The van der Waals surface area contributed by atoms with E-state index in [-0.39, 0.29) is 0 Å². The summed E-state index contributed by atoms with van der Waals surface area (Å²) in [6.07, 6.45) is 0.844. The van der Waals surface area contributed by atoms with Crippen molar-refractivity contribution in [1.29, 1.82) is 0 Å². The summed E-state index contributed by atoms with van der Waals surface area (Å²) in [6, 6.07) is 14.2. The van der Waals surface area contributed by atoms with Crippen LogP contribution < -0.4 is 0 Å². The lowest BCUT2D eigenvalue weighted by Gasteiger charge is -1.92. The molecule has 3 aromatic rings. The molecule has 0 spiro atoms. The molecule has 1 aromatic heterocycles. The fourth-order valence-corrected chi connectivity index (χ4v) is 2.25. The Balaban J connectivity index is 2.25. The second kappa shape index (κ2) is 4.88. The van der Waals surface area contributed by atoms with E-state index < -0.39 is 0 Å². The first-order valence-corrected chi connectivity index (χ1v) is 6.97. The molecule has 0 aliphatic rings. The monoisotopic (exact) mass is 298 g/mol. The second-order valence-electron chi connectivity index (χ2n) is 4.02. The molecule has 0 aliphatic carbocycles. The summed E-state index contributed by atoms with van der Waals surface area (Å²) >= 11 is 3.37. The topological polar surface area (TPSA) is 13.1 Å². The van der Waals surface area contributed by atoms with Crippen LogP contribution in [0.1, 0.15) is 12.0 Å². The molecule has 0 amide bonds. The molecular weight excluding hydrogens is 288 g/mol. The van der Waals surface area contributed by atoms with Crippen molar-refractivity contribution in [1.82, 2.24) is 0 Å². The Hall–Kier alpha value is -1.72. The first kappa shape index (κ1) is 11.4. The number of rotatable bonds is 1. The van der Waals surface area contributed by atoms with Crippen molar-refractivity contribution in [3.05, 3.63) is 48.0 Å². The Morgan fingerprint density at radius 2 is 1.83 bits per heavy atom. The van der Waals surface area contributed by atoms with Gasteiger partial charge in [-0.25, -0.2) is 0 Å². The molecule has 0 saturated carbocycles. The highest BCUT2D eigenvalue weighted by atomic mass is 79.9. The van der Waals surface area contributed by atoms with Gasteiger partial charge in [0.05, 0.1) is 5.56 Å². The molecule has 88 valence electrons. The van der Waals surface area contributed by atoms with Crippen LogP contribution in [-0.2, 0) is 0 Å². The van der Waals surface area contributed by atoms with E-state index in [0.29, 0.717) is 0 Å². The standard InChI is InChI=1S/C16H11BrO/c17-11-4-3-6-12-7-5-9-14-13-8-1-2-10-15(13)18-16(12)14/h1-2,5,7-10H,4,11H2. The lowest BCUT2D eigenvalue weighted by Crippen LogP contribution is -1.75. The van der Waals surface area contributed by atoms with Crippen LogP contribution in [0.15, 0.2) is 46.9 Å². The number of benzene rings is 2. The number of furan rings is 1. The smallest absolute Gasteiger partial charge is 0.151 e. The van der Waals surface area contributed by atoms with E-state index in [4.69, 9.17) is 4.42 Å². The maximum Gasteiger partial charge on any atom is 0.151 e. The van der Waals surface area contributed by atoms with Gasteiger partial charge in [-0.15, -0.1) is 0 Å². The van der Waals surface area contributed by atoms with E-state index in [1.165, 1.54) is 0 Å². The zero-order valence-electron chi connectivity index (χ0n) is 9.74. The van der Waals surface area contributed by atoms with E-state index >= 15 is 0 Å². The fraction of sp³-hybridized carbons (Fsp3) is 0.125. The number of fused-ring (bicyclic) bond motifs is 3. The van der Waals surface area contributed by atoms with Crippen molar-refractivity contribution >= 4 is 37.9 Å². The largest absolute Gasteiger partial charge is 0.455 e. The molecule has 0 atom stereocenters. The molecule has 2 heteroatoms. The van der Waals surface area contributed by atoms with E-state index in [1.807, 2.05) is 30.3 Å². The number of halogens is 1. The van der Waals surface area contributed by atoms with E-state index in [1.54, 1.807) is 0 Å². The van der Waals surface area contributed by atoms with Gasteiger partial charge in [0.25, 0.3) is 0 Å². The van der Waals surface area contributed by atoms with E-state index in [9.17, 15) is 0 Å². The quantitative estimate of drug-likeness (QED) is 0.468. The van der Waals surface area contributed by atoms with Crippen molar-refractivity contribution in [2.24, 2.45) is 0 Å². The number of hydrogen-bond acceptors (Lipinski definition) is 1. The Bertz CT molecular complexity index is 759. The lowest BCUT2D eigenvalue weighted by atomic mass is 10.1. The van der Waals surface area contributed by atoms with Crippen molar-refractivity contribution in [2.75, 3.05) is 5.33 Å². The van der Waals surface area contributed by atoms with Crippen LogP contribution >= 0.6 is 15.9 Å². The van der Waals surface area contributed by atoms with Gasteiger partial charge in [0, 0.05) is 22.5 Å². The highest BCUT2D eigenvalue weighted by molar-refractivity contribution is 9.09. The lowest BCUT2D eigenvalue weighted by molar-refractivity contribution is 0.668. The van der Waals surface area contributed by atoms with E-state index in [2.05, 4.69) is 39.9 Å². The maximum atomic E-state index is 5.90. The van der Waals surface area contributed by atoms with E-state index in [0.717, 1.165) is 39.3 Å². The summed E-state index contributed by atoms with van der Waals surface area (Å²) < 4.78 is 5.90. The first-order valence-electron chi connectivity index (χ1n) is 5.85. The molecule has 0 fully saturated rings. The van der Waals surface area contributed by atoms with Crippen LogP contribution in [0.2, 0.25) is 0 Å². The van der Waals surface area contributed by atoms with Crippen LogP contribution in [0.4, 0.5) is 0 Å². The molecule has 1 nitrogen and oxygen atoms in total. The summed E-state index contributed by atoms with van der Waals surface area (Å²) in [5.74, 6) is 6.31. The minimum absolute atomic E-state index is 0.844.